The van der Waals surface area contributed by atoms with E-state index in [9.17, 15) is 0 Å². The SMILES string of the molecule is CNCc1csc(Cc2ccc(Cl)c(Cl)c2)n1. The predicted octanol–water partition coefficient (Wildman–Crippen LogP) is 3.76. The molecule has 0 radical (unpaired) electrons. The fourth-order valence-electron chi connectivity index (χ4n) is 1.52. The van der Waals surface area contributed by atoms with Crippen molar-refractivity contribution in [3.8, 4) is 0 Å². The van der Waals surface area contributed by atoms with Crippen molar-refractivity contribution in [1.29, 1.82) is 0 Å². The summed E-state index contributed by atoms with van der Waals surface area (Å²) in [6.45, 7) is 0.803. The number of hydrogen-bond acceptors (Lipinski definition) is 3. The Morgan fingerprint density at radius 2 is 2.12 bits per heavy atom. The van der Waals surface area contributed by atoms with Crippen LogP contribution in [0.15, 0.2) is 23.6 Å². The summed E-state index contributed by atoms with van der Waals surface area (Å²) in [5.74, 6) is 0. The highest BCUT2D eigenvalue weighted by atomic mass is 35.5. The number of nitrogens with zero attached hydrogens (tertiary/aromatic N) is 1. The Kier molecular flexibility index (Phi) is 4.40. The Morgan fingerprint density at radius 1 is 1.29 bits per heavy atom. The maximum Gasteiger partial charge on any atom is 0.0972 e. The van der Waals surface area contributed by atoms with E-state index in [2.05, 4.69) is 15.7 Å². The molecule has 2 aromatic rings. The molecular formula is C12H12Cl2N2S. The number of thiazole rings is 1. The van der Waals surface area contributed by atoms with Crippen molar-refractivity contribution in [3.05, 3.63) is 49.9 Å². The van der Waals surface area contributed by atoms with Gasteiger partial charge in [0.2, 0.25) is 0 Å². The molecule has 90 valence electrons. The first kappa shape index (κ1) is 12.8. The number of rotatable bonds is 4. The normalized spacial score (nSPS) is 10.8. The number of halogens is 2. The van der Waals surface area contributed by atoms with Crippen molar-refractivity contribution in [1.82, 2.24) is 10.3 Å². The molecule has 0 aliphatic carbocycles. The molecule has 1 N–H and O–H groups in total. The number of aromatic nitrogens is 1. The van der Waals surface area contributed by atoms with Gasteiger partial charge in [0.05, 0.1) is 20.7 Å². The van der Waals surface area contributed by atoms with Crippen LogP contribution in [-0.2, 0) is 13.0 Å². The number of benzene rings is 1. The van der Waals surface area contributed by atoms with E-state index in [-0.39, 0.29) is 0 Å². The van der Waals surface area contributed by atoms with Crippen molar-refractivity contribution < 1.29 is 0 Å². The molecule has 0 aliphatic rings. The van der Waals surface area contributed by atoms with E-state index < -0.39 is 0 Å². The zero-order chi connectivity index (χ0) is 12.3. The molecule has 2 nitrogen and oxygen atoms in total. The standard InChI is InChI=1S/C12H12Cl2N2S/c1-15-6-9-7-17-12(16-9)5-8-2-3-10(13)11(14)4-8/h2-4,7,15H,5-6H2,1H3. The lowest BCUT2D eigenvalue weighted by molar-refractivity contribution is 0.793. The van der Waals surface area contributed by atoms with E-state index in [1.807, 2.05) is 25.2 Å². The molecule has 0 spiro atoms. The molecule has 1 heterocycles. The second-order valence-corrected chi connectivity index (χ2v) is 5.45. The summed E-state index contributed by atoms with van der Waals surface area (Å²) in [5, 5.41) is 7.43. The molecule has 0 unspecified atom stereocenters. The molecule has 1 aromatic heterocycles. The maximum absolute atomic E-state index is 5.98. The zero-order valence-corrected chi connectivity index (χ0v) is 11.7. The van der Waals surface area contributed by atoms with E-state index >= 15 is 0 Å². The summed E-state index contributed by atoms with van der Waals surface area (Å²) in [6.07, 6.45) is 0.797. The van der Waals surface area contributed by atoms with Crippen LogP contribution >= 0.6 is 34.5 Å². The van der Waals surface area contributed by atoms with Crippen molar-refractivity contribution in [2.75, 3.05) is 7.05 Å². The third-order valence-electron chi connectivity index (χ3n) is 2.30. The Balaban J connectivity index is 2.11. The van der Waals surface area contributed by atoms with Gasteiger partial charge in [-0.05, 0) is 24.7 Å². The van der Waals surface area contributed by atoms with Crippen LogP contribution in [0.4, 0.5) is 0 Å². The minimum absolute atomic E-state index is 0.588. The van der Waals surface area contributed by atoms with E-state index in [1.54, 1.807) is 11.3 Å². The van der Waals surface area contributed by atoms with Gasteiger partial charge in [-0.3, -0.25) is 0 Å². The van der Waals surface area contributed by atoms with Gasteiger partial charge in [0.25, 0.3) is 0 Å². The Hall–Kier alpha value is -0.610. The highest BCUT2D eigenvalue weighted by molar-refractivity contribution is 7.09. The fraction of sp³-hybridized carbons (Fsp3) is 0.250. The molecular weight excluding hydrogens is 275 g/mol. The summed E-state index contributed by atoms with van der Waals surface area (Å²) >= 11 is 13.5. The molecule has 0 saturated heterocycles. The minimum Gasteiger partial charge on any atom is -0.314 e. The lowest BCUT2D eigenvalue weighted by Crippen LogP contribution is -2.05. The monoisotopic (exact) mass is 286 g/mol. The Morgan fingerprint density at radius 3 is 2.82 bits per heavy atom. The van der Waals surface area contributed by atoms with E-state index in [0.717, 1.165) is 29.2 Å². The van der Waals surface area contributed by atoms with Crippen LogP contribution in [0.3, 0.4) is 0 Å². The smallest absolute Gasteiger partial charge is 0.0972 e. The van der Waals surface area contributed by atoms with Crippen LogP contribution in [0.1, 0.15) is 16.3 Å². The quantitative estimate of drug-likeness (QED) is 0.926. The topological polar surface area (TPSA) is 24.9 Å². The largest absolute Gasteiger partial charge is 0.314 e. The summed E-state index contributed by atoms with van der Waals surface area (Å²) in [4.78, 5) is 4.53. The average Bonchev–Trinajstić information content (AvgIpc) is 2.72. The molecule has 0 aliphatic heterocycles. The molecule has 17 heavy (non-hydrogen) atoms. The molecule has 0 amide bonds. The van der Waals surface area contributed by atoms with Crippen molar-refractivity contribution in [2.45, 2.75) is 13.0 Å². The summed E-state index contributed by atoms with van der Waals surface area (Å²) in [6, 6.07) is 5.69. The van der Waals surface area contributed by atoms with Gasteiger partial charge in [-0.1, -0.05) is 29.3 Å². The van der Waals surface area contributed by atoms with Crippen molar-refractivity contribution in [2.24, 2.45) is 0 Å². The maximum atomic E-state index is 5.98. The van der Waals surface area contributed by atoms with E-state index in [0.29, 0.717) is 10.0 Å². The van der Waals surface area contributed by atoms with Gasteiger partial charge in [-0.25, -0.2) is 4.98 Å². The van der Waals surface area contributed by atoms with E-state index in [4.69, 9.17) is 23.2 Å². The van der Waals surface area contributed by atoms with Crippen LogP contribution in [0, 0.1) is 0 Å². The van der Waals surface area contributed by atoms with Crippen molar-refractivity contribution in [3.63, 3.8) is 0 Å². The van der Waals surface area contributed by atoms with E-state index in [1.165, 1.54) is 0 Å². The first-order valence-electron chi connectivity index (χ1n) is 5.21. The molecule has 1 aromatic carbocycles. The third kappa shape index (κ3) is 3.42. The molecule has 0 bridgehead atoms. The van der Waals surface area contributed by atoms with Gasteiger partial charge in [0.15, 0.2) is 0 Å². The zero-order valence-electron chi connectivity index (χ0n) is 9.34. The van der Waals surface area contributed by atoms with Gasteiger partial charge in [-0.2, -0.15) is 0 Å². The summed E-state index contributed by atoms with van der Waals surface area (Å²) < 4.78 is 0. The van der Waals surface area contributed by atoms with Gasteiger partial charge < -0.3 is 5.32 Å². The molecule has 0 fully saturated rings. The van der Waals surface area contributed by atoms with Gasteiger partial charge in [-0.15, -0.1) is 11.3 Å². The highest BCUT2D eigenvalue weighted by Gasteiger charge is 2.04. The van der Waals surface area contributed by atoms with Gasteiger partial charge in [0, 0.05) is 18.3 Å². The number of nitrogens with one attached hydrogen (secondary N) is 1. The summed E-state index contributed by atoms with van der Waals surface area (Å²) in [7, 11) is 1.91. The molecule has 0 saturated carbocycles. The van der Waals surface area contributed by atoms with Crippen LogP contribution in [0.2, 0.25) is 10.0 Å². The first-order chi connectivity index (χ1) is 8.19. The molecule has 5 heteroatoms. The van der Waals surface area contributed by atoms with Crippen LogP contribution in [-0.4, -0.2) is 12.0 Å². The number of hydrogen-bond donors (Lipinski definition) is 1. The fourth-order valence-corrected chi connectivity index (χ4v) is 2.67. The van der Waals surface area contributed by atoms with Crippen LogP contribution in [0.25, 0.3) is 0 Å². The third-order valence-corrected chi connectivity index (χ3v) is 3.93. The second kappa shape index (κ2) is 5.83. The Labute approximate surface area is 115 Å². The second-order valence-electron chi connectivity index (χ2n) is 3.69. The van der Waals surface area contributed by atoms with Crippen LogP contribution in [0.5, 0.6) is 0 Å². The lowest BCUT2D eigenvalue weighted by atomic mass is 10.2. The molecule has 2 rings (SSSR count). The minimum atomic E-state index is 0.588. The average molecular weight is 287 g/mol. The highest BCUT2D eigenvalue weighted by Crippen LogP contribution is 2.24. The lowest BCUT2D eigenvalue weighted by Gasteiger charge is -2.00. The van der Waals surface area contributed by atoms with Gasteiger partial charge >= 0.3 is 0 Å². The summed E-state index contributed by atoms with van der Waals surface area (Å²) in [5.41, 5.74) is 2.21. The van der Waals surface area contributed by atoms with Gasteiger partial charge in [0.1, 0.15) is 0 Å². The van der Waals surface area contributed by atoms with Crippen LogP contribution < -0.4 is 5.32 Å². The first-order valence-corrected chi connectivity index (χ1v) is 6.84. The molecule has 0 atom stereocenters. The van der Waals surface area contributed by atoms with Crippen molar-refractivity contribution >= 4 is 34.5 Å². The Bertz CT molecular complexity index is 511. The predicted molar refractivity (Wildman–Crippen MR) is 74.1 cm³/mol.